The molecule has 0 spiro atoms. The van der Waals surface area contributed by atoms with E-state index >= 15 is 0 Å². The number of halogens is 1. The van der Waals surface area contributed by atoms with Crippen molar-refractivity contribution >= 4 is 17.6 Å². The highest BCUT2D eigenvalue weighted by molar-refractivity contribution is 6.01. The number of benzene rings is 2. The summed E-state index contributed by atoms with van der Waals surface area (Å²) in [4.78, 5) is 21.7. The molecule has 1 amide bonds. The Morgan fingerprint density at radius 3 is 2.32 bits per heavy atom. The highest BCUT2D eigenvalue weighted by atomic mass is 19.1. The summed E-state index contributed by atoms with van der Waals surface area (Å²) in [5.41, 5.74) is 2.54. The van der Waals surface area contributed by atoms with E-state index in [2.05, 4.69) is 5.32 Å². The molecular formula is C17H16FNO3. The first-order valence-corrected chi connectivity index (χ1v) is 6.88. The molecule has 0 bridgehead atoms. The van der Waals surface area contributed by atoms with Crippen molar-refractivity contribution in [3.05, 3.63) is 65.5 Å². The average molecular weight is 301 g/mol. The molecule has 0 saturated carbocycles. The molecule has 0 saturated heterocycles. The van der Waals surface area contributed by atoms with Crippen LogP contribution in [-0.4, -0.2) is 17.0 Å². The zero-order chi connectivity index (χ0) is 15.9. The van der Waals surface area contributed by atoms with Crippen molar-refractivity contribution in [3.63, 3.8) is 0 Å². The van der Waals surface area contributed by atoms with Gasteiger partial charge in [-0.15, -0.1) is 0 Å². The first kappa shape index (κ1) is 15.7. The highest BCUT2D eigenvalue weighted by Crippen LogP contribution is 2.13. The third-order valence-electron chi connectivity index (χ3n) is 3.14. The average Bonchev–Trinajstić information content (AvgIpc) is 2.46. The summed E-state index contributed by atoms with van der Waals surface area (Å²) in [5, 5.41) is 11.0. The van der Waals surface area contributed by atoms with Gasteiger partial charge in [0.05, 0.1) is 0 Å². The van der Waals surface area contributed by atoms with E-state index in [1.165, 1.54) is 12.1 Å². The molecule has 2 rings (SSSR count). The van der Waals surface area contributed by atoms with E-state index in [1.807, 2.05) is 18.2 Å². The molecule has 22 heavy (non-hydrogen) atoms. The molecule has 0 aliphatic heterocycles. The van der Waals surface area contributed by atoms with Gasteiger partial charge in [-0.2, -0.15) is 0 Å². The van der Waals surface area contributed by atoms with Gasteiger partial charge in [-0.3, -0.25) is 9.59 Å². The van der Waals surface area contributed by atoms with Gasteiger partial charge in [0.1, 0.15) is 12.2 Å². The van der Waals surface area contributed by atoms with Crippen LogP contribution in [0, 0.1) is 5.82 Å². The predicted octanol–water partition coefficient (Wildman–Crippen LogP) is 3.02. The zero-order valence-corrected chi connectivity index (χ0v) is 11.9. The van der Waals surface area contributed by atoms with Crippen molar-refractivity contribution in [2.24, 2.45) is 0 Å². The molecule has 0 radical (unpaired) electrons. The quantitative estimate of drug-likeness (QED) is 0.806. The Bertz CT molecular complexity index is 668. The van der Waals surface area contributed by atoms with Crippen LogP contribution in [0.5, 0.6) is 0 Å². The Hall–Kier alpha value is -2.69. The van der Waals surface area contributed by atoms with Gasteiger partial charge in [0.25, 0.3) is 0 Å². The fraction of sp³-hybridized carbons (Fsp3) is 0.176. The number of rotatable bonds is 6. The van der Waals surface area contributed by atoms with Crippen molar-refractivity contribution in [1.82, 2.24) is 0 Å². The number of carbonyl (C=O) groups excluding carboxylic acids is 1. The number of nitrogens with one attached hydrogen (secondary N) is 1. The zero-order valence-electron chi connectivity index (χ0n) is 11.9. The largest absolute Gasteiger partial charge is 0.481 e. The molecule has 0 aromatic heterocycles. The van der Waals surface area contributed by atoms with Crippen molar-refractivity contribution in [2.45, 2.75) is 19.3 Å². The van der Waals surface area contributed by atoms with Gasteiger partial charge < -0.3 is 10.4 Å². The second-order valence-electron chi connectivity index (χ2n) is 4.95. The lowest BCUT2D eigenvalue weighted by Gasteiger charge is -2.06. The minimum absolute atomic E-state index is 0.242. The number of carboxylic acid groups (broad SMARTS) is 1. The minimum atomic E-state index is -1.16. The third-order valence-corrected chi connectivity index (χ3v) is 3.14. The monoisotopic (exact) mass is 301 g/mol. The molecule has 0 aliphatic rings. The predicted molar refractivity (Wildman–Crippen MR) is 81.1 cm³/mol. The lowest BCUT2D eigenvalue weighted by atomic mass is 10.0. The standard InChI is InChI=1S/C17H16FNO3/c18-14-3-1-2-13(10-14)5-4-12-6-8-15(9-7-12)19-16(20)11-17(21)22/h1-3,6-10H,4-5,11H2,(H,19,20)(H,21,22). The SMILES string of the molecule is O=C(O)CC(=O)Nc1ccc(CCc2cccc(F)c2)cc1. The molecule has 0 heterocycles. The van der Waals surface area contributed by atoms with Crippen molar-refractivity contribution < 1.29 is 19.1 Å². The summed E-state index contributed by atoms with van der Waals surface area (Å²) in [6.45, 7) is 0. The summed E-state index contributed by atoms with van der Waals surface area (Å²) >= 11 is 0. The molecule has 0 unspecified atom stereocenters. The van der Waals surface area contributed by atoms with E-state index < -0.39 is 18.3 Å². The van der Waals surface area contributed by atoms with Crippen LogP contribution in [0.3, 0.4) is 0 Å². The van der Waals surface area contributed by atoms with Crippen LogP contribution in [0.25, 0.3) is 0 Å². The van der Waals surface area contributed by atoms with E-state index in [-0.39, 0.29) is 5.82 Å². The number of carbonyl (C=O) groups is 2. The Labute approximate surface area is 127 Å². The lowest BCUT2D eigenvalue weighted by molar-refractivity contribution is -0.139. The third kappa shape index (κ3) is 5.01. The maximum Gasteiger partial charge on any atom is 0.312 e. The van der Waals surface area contributed by atoms with Crippen molar-refractivity contribution in [3.8, 4) is 0 Å². The second-order valence-corrected chi connectivity index (χ2v) is 4.95. The van der Waals surface area contributed by atoms with Crippen LogP contribution >= 0.6 is 0 Å². The summed E-state index contributed by atoms with van der Waals surface area (Å²) in [6, 6.07) is 13.7. The van der Waals surface area contributed by atoms with E-state index in [0.29, 0.717) is 5.69 Å². The fourth-order valence-electron chi connectivity index (χ4n) is 2.08. The Balaban J connectivity index is 1.89. The Morgan fingerprint density at radius 1 is 1.00 bits per heavy atom. The number of aryl methyl sites for hydroxylation is 2. The molecule has 0 aliphatic carbocycles. The van der Waals surface area contributed by atoms with Crippen LogP contribution in [-0.2, 0) is 22.4 Å². The summed E-state index contributed by atoms with van der Waals surface area (Å²) in [5.74, 6) is -1.96. The molecule has 2 aromatic rings. The number of aliphatic carboxylic acids is 1. The van der Waals surface area contributed by atoms with Gasteiger partial charge in [-0.05, 0) is 48.2 Å². The normalized spacial score (nSPS) is 10.2. The van der Waals surface area contributed by atoms with E-state index in [4.69, 9.17) is 5.11 Å². The number of hydrogen-bond donors (Lipinski definition) is 2. The summed E-state index contributed by atoms with van der Waals surface area (Å²) in [6.07, 6.45) is 0.927. The topological polar surface area (TPSA) is 66.4 Å². The van der Waals surface area contributed by atoms with E-state index in [9.17, 15) is 14.0 Å². The number of amides is 1. The molecule has 0 fully saturated rings. The van der Waals surface area contributed by atoms with E-state index in [0.717, 1.165) is 24.0 Å². The van der Waals surface area contributed by atoms with Crippen LogP contribution in [0.4, 0.5) is 10.1 Å². The van der Waals surface area contributed by atoms with Gasteiger partial charge in [0.15, 0.2) is 0 Å². The van der Waals surface area contributed by atoms with Crippen molar-refractivity contribution in [2.75, 3.05) is 5.32 Å². The van der Waals surface area contributed by atoms with Crippen molar-refractivity contribution in [1.29, 1.82) is 0 Å². The number of anilines is 1. The van der Waals surface area contributed by atoms with Crippen LogP contribution < -0.4 is 5.32 Å². The first-order valence-electron chi connectivity index (χ1n) is 6.88. The highest BCUT2D eigenvalue weighted by Gasteiger charge is 2.07. The van der Waals surface area contributed by atoms with Crippen LogP contribution in [0.15, 0.2) is 48.5 Å². The second kappa shape index (κ2) is 7.36. The summed E-state index contributed by atoms with van der Waals surface area (Å²) in [7, 11) is 0. The molecule has 5 heteroatoms. The van der Waals surface area contributed by atoms with Crippen LogP contribution in [0.2, 0.25) is 0 Å². The molecular weight excluding hydrogens is 285 g/mol. The van der Waals surface area contributed by atoms with Crippen LogP contribution in [0.1, 0.15) is 17.5 Å². The maximum atomic E-state index is 13.1. The number of hydrogen-bond acceptors (Lipinski definition) is 2. The van der Waals surface area contributed by atoms with Gasteiger partial charge in [0, 0.05) is 5.69 Å². The Kier molecular flexibility index (Phi) is 5.25. The fourth-order valence-corrected chi connectivity index (χ4v) is 2.08. The first-order chi connectivity index (χ1) is 10.5. The molecule has 0 atom stereocenters. The van der Waals surface area contributed by atoms with Gasteiger partial charge in [-0.25, -0.2) is 4.39 Å². The maximum absolute atomic E-state index is 13.1. The minimum Gasteiger partial charge on any atom is -0.481 e. The Morgan fingerprint density at radius 2 is 1.68 bits per heavy atom. The molecule has 114 valence electrons. The van der Waals surface area contributed by atoms with Gasteiger partial charge in [0.2, 0.25) is 5.91 Å². The van der Waals surface area contributed by atoms with E-state index in [1.54, 1.807) is 18.2 Å². The summed E-state index contributed by atoms with van der Waals surface area (Å²) < 4.78 is 13.1. The molecule has 2 N–H and O–H groups in total. The van der Waals surface area contributed by atoms with Gasteiger partial charge in [-0.1, -0.05) is 24.3 Å². The number of carboxylic acids is 1. The van der Waals surface area contributed by atoms with Gasteiger partial charge >= 0.3 is 5.97 Å². The smallest absolute Gasteiger partial charge is 0.312 e. The lowest BCUT2D eigenvalue weighted by Crippen LogP contribution is -2.15. The molecule has 2 aromatic carbocycles. The molecule has 4 nitrogen and oxygen atoms in total.